The summed E-state index contributed by atoms with van der Waals surface area (Å²) in [5.74, 6) is 0.109. The molecule has 1 atom stereocenters. The Labute approximate surface area is 155 Å². The van der Waals surface area contributed by atoms with Crippen molar-refractivity contribution >= 4 is 10.9 Å². The van der Waals surface area contributed by atoms with Gasteiger partial charge in [0.2, 0.25) is 0 Å². The van der Waals surface area contributed by atoms with Crippen molar-refractivity contribution in [3.8, 4) is 5.75 Å². The second-order valence-electron chi connectivity index (χ2n) is 7.00. The van der Waals surface area contributed by atoms with Gasteiger partial charge in [-0.3, -0.25) is 4.98 Å². The summed E-state index contributed by atoms with van der Waals surface area (Å²) in [4.78, 5) is 5.53. The van der Waals surface area contributed by atoms with Crippen molar-refractivity contribution < 1.29 is 23.2 Å². The number of likely N-dealkylation sites (tertiary alicyclic amines) is 1. The number of phenolic OH excluding ortho intramolecular Hbond substituents is 1. The molecule has 140 valence electrons. The Morgan fingerprint density at radius 1 is 0.963 bits per heavy atom. The fourth-order valence-corrected chi connectivity index (χ4v) is 4.00. The second kappa shape index (κ2) is 6.85. The molecule has 0 aliphatic carbocycles. The van der Waals surface area contributed by atoms with Crippen LogP contribution in [-0.2, 0) is 6.18 Å². The molecule has 2 heterocycles. The van der Waals surface area contributed by atoms with Crippen molar-refractivity contribution in [2.24, 2.45) is 0 Å². The lowest BCUT2D eigenvalue weighted by atomic mass is 9.94. The molecule has 1 aromatic heterocycles. The van der Waals surface area contributed by atoms with E-state index in [1.807, 2.05) is 18.2 Å². The summed E-state index contributed by atoms with van der Waals surface area (Å²) in [6.45, 7) is 1.84. The highest BCUT2D eigenvalue weighted by molar-refractivity contribution is 5.85. The van der Waals surface area contributed by atoms with Crippen molar-refractivity contribution in [2.45, 2.75) is 25.1 Å². The van der Waals surface area contributed by atoms with Gasteiger partial charge in [0.1, 0.15) is 11.6 Å². The number of aromatic hydroxyl groups is 1. The number of alkyl halides is 3. The number of nitrogens with zero attached hydrogens (tertiary/aromatic N) is 1. The first-order valence-electron chi connectivity index (χ1n) is 9.03. The zero-order chi connectivity index (χ0) is 19.0. The van der Waals surface area contributed by atoms with Crippen molar-refractivity contribution in [1.82, 2.24) is 4.98 Å². The molecule has 0 amide bonds. The van der Waals surface area contributed by atoms with Crippen LogP contribution in [0.4, 0.5) is 13.2 Å². The van der Waals surface area contributed by atoms with E-state index in [0.29, 0.717) is 11.1 Å². The quantitative estimate of drug-likeness (QED) is 0.734. The highest BCUT2D eigenvalue weighted by Gasteiger charge is 2.34. The van der Waals surface area contributed by atoms with E-state index in [2.05, 4.69) is 4.98 Å². The highest BCUT2D eigenvalue weighted by atomic mass is 19.4. The Bertz CT molecular complexity index is 948. The zero-order valence-electron chi connectivity index (χ0n) is 14.6. The summed E-state index contributed by atoms with van der Waals surface area (Å²) >= 11 is 0. The number of nitrogens with one attached hydrogen (secondary N) is 1. The predicted molar refractivity (Wildman–Crippen MR) is 96.6 cm³/mol. The van der Waals surface area contributed by atoms with E-state index in [0.717, 1.165) is 49.0 Å². The molecular formula is C21H20F3N2O+. The first-order chi connectivity index (χ1) is 12.9. The van der Waals surface area contributed by atoms with Gasteiger partial charge in [-0.2, -0.15) is 13.2 Å². The summed E-state index contributed by atoms with van der Waals surface area (Å²) < 4.78 is 38.8. The monoisotopic (exact) mass is 373 g/mol. The van der Waals surface area contributed by atoms with Gasteiger partial charge in [-0.15, -0.1) is 0 Å². The number of benzene rings is 2. The van der Waals surface area contributed by atoms with Gasteiger partial charge >= 0.3 is 6.18 Å². The van der Waals surface area contributed by atoms with Crippen LogP contribution in [0.15, 0.2) is 54.7 Å². The summed E-state index contributed by atoms with van der Waals surface area (Å²) in [5.41, 5.74) is 1.33. The third kappa shape index (κ3) is 3.37. The van der Waals surface area contributed by atoms with Crippen molar-refractivity contribution in [2.75, 3.05) is 13.1 Å². The van der Waals surface area contributed by atoms with Crippen LogP contribution >= 0.6 is 0 Å². The van der Waals surface area contributed by atoms with Gasteiger partial charge in [0, 0.05) is 30.0 Å². The van der Waals surface area contributed by atoms with E-state index in [1.54, 1.807) is 12.3 Å². The Balaban J connectivity index is 1.82. The molecule has 1 saturated heterocycles. The SMILES string of the molecule is Oc1c([C@H](c2ccc(C(F)(F)F)cc2)[NH+]2CCCC2)ccc2cccnc12. The molecule has 1 fully saturated rings. The molecule has 0 unspecified atom stereocenters. The van der Waals surface area contributed by atoms with Gasteiger partial charge in [0.25, 0.3) is 0 Å². The molecule has 1 aliphatic rings. The first kappa shape index (κ1) is 17.8. The third-order valence-corrected chi connectivity index (χ3v) is 5.32. The molecule has 4 rings (SSSR count). The highest BCUT2D eigenvalue weighted by Crippen LogP contribution is 2.35. The number of halogens is 3. The van der Waals surface area contributed by atoms with Crippen LogP contribution in [0, 0.1) is 0 Å². The summed E-state index contributed by atoms with van der Waals surface area (Å²) in [5, 5.41) is 11.7. The van der Waals surface area contributed by atoms with Crippen LogP contribution in [0.1, 0.15) is 35.6 Å². The van der Waals surface area contributed by atoms with E-state index < -0.39 is 11.7 Å². The largest absolute Gasteiger partial charge is 0.505 e. The maximum atomic E-state index is 12.9. The Morgan fingerprint density at radius 3 is 2.33 bits per heavy atom. The van der Waals surface area contributed by atoms with E-state index in [9.17, 15) is 18.3 Å². The summed E-state index contributed by atoms with van der Waals surface area (Å²) in [6.07, 6.45) is -0.594. The molecule has 0 bridgehead atoms. The van der Waals surface area contributed by atoms with Crippen LogP contribution in [-0.4, -0.2) is 23.2 Å². The smallest absolute Gasteiger partial charge is 0.416 e. The molecule has 1 aliphatic heterocycles. The molecular weight excluding hydrogens is 353 g/mol. The maximum Gasteiger partial charge on any atom is 0.416 e. The van der Waals surface area contributed by atoms with Gasteiger partial charge in [-0.05, 0) is 24.3 Å². The van der Waals surface area contributed by atoms with Crippen LogP contribution in [0.25, 0.3) is 10.9 Å². The zero-order valence-corrected chi connectivity index (χ0v) is 14.6. The van der Waals surface area contributed by atoms with Crippen LogP contribution in [0.3, 0.4) is 0 Å². The van der Waals surface area contributed by atoms with Gasteiger partial charge in [0.05, 0.1) is 24.2 Å². The lowest BCUT2D eigenvalue weighted by Gasteiger charge is -2.26. The number of phenols is 1. The third-order valence-electron chi connectivity index (χ3n) is 5.32. The number of fused-ring (bicyclic) bond motifs is 1. The first-order valence-corrected chi connectivity index (χ1v) is 9.03. The van der Waals surface area contributed by atoms with E-state index in [1.165, 1.54) is 17.0 Å². The lowest BCUT2D eigenvalue weighted by Crippen LogP contribution is -3.10. The number of pyridine rings is 1. The van der Waals surface area contributed by atoms with Crippen molar-refractivity contribution in [3.63, 3.8) is 0 Å². The average molecular weight is 373 g/mol. The van der Waals surface area contributed by atoms with E-state index in [-0.39, 0.29) is 11.8 Å². The van der Waals surface area contributed by atoms with Gasteiger partial charge < -0.3 is 10.0 Å². The maximum absolute atomic E-state index is 12.9. The van der Waals surface area contributed by atoms with Gasteiger partial charge in [-0.25, -0.2) is 0 Å². The lowest BCUT2D eigenvalue weighted by molar-refractivity contribution is -0.913. The number of aromatic nitrogens is 1. The standard InChI is InChI=1S/C21H19F3N2O/c22-21(23,24)16-8-5-15(6-9-16)19(26-12-1-2-13-26)17-10-7-14-4-3-11-25-18(14)20(17)27/h3-11,19,27H,1-2,12-13H2/p+1/t19-/m0/s1. The van der Waals surface area contributed by atoms with E-state index in [4.69, 9.17) is 0 Å². The number of quaternary nitrogens is 1. The number of hydrogen-bond acceptors (Lipinski definition) is 2. The Kier molecular flexibility index (Phi) is 4.52. The Hall–Kier alpha value is -2.60. The molecule has 3 aromatic rings. The molecule has 0 radical (unpaired) electrons. The summed E-state index contributed by atoms with van der Waals surface area (Å²) in [6, 6.07) is 12.5. The minimum Gasteiger partial charge on any atom is -0.505 e. The molecule has 3 nitrogen and oxygen atoms in total. The topological polar surface area (TPSA) is 37.6 Å². The van der Waals surface area contributed by atoms with Gasteiger partial charge in [-0.1, -0.05) is 24.3 Å². The molecule has 0 saturated carbocycles. The van der Waals surface area contributed by atoms with Crippen molar-refractivity contribution in [1.29, 1.82) is 0 Å². The normalized spacial score (nSPS) is 16.7. The van der Waals surface area contributed by atoms with Crippen LogP contribution in [0.5, 0.6) is 5.75 Å². The number of hydrogen-bond donors (Lipinski definition) is 2. The molecule has 2 N–H and O–H groups in total. The number of rotatable bonds is 3. The fourth-order valence-electron chi connectivity index (χ4n) is 4.00. The second-order valence-corrected chi connectivity index (χ2v) is 7.00. The molecule has 27 heavy (non-hydrogen) atoms. The van der Waals surface area contributed by atoms with Crippen LogP contribution < -0.4 is 4.90 Å². The Morgan fingerprint density at radius 2 is 1.67 bits per heavy atom. The van der Waals surface area contributed by atoms with Crippen LogP contribution in [0.2, 0.25) is 0 Å². The molecule has 2 aromatic carbocycles. The minimum absolute atomic E-state index is 0.109. The predicted octanol–water partition coefficient (Wildman–Crippen LogP) is 3.73. The van der Waals surface area contributed by atoms with Gasteiger partial charge in [0.15, 0.2) is 5.75 Å². The summed E-state index contributed by atoms with van der Waals surface area (Å²) in [7, 11) is 0. The molecule has 0 spiro atoms. The average Bonchev–Trinajstić information content (AvgIpc) is 3.18. The minimum atomic E-state index is -4.36. The fraction of sp³-hybridized carbons (Fsp3) is 0.286. The van der Waals surface area contributed by atoms with E-state index >= 15 is 0 Å². The molecule has 6 heteroatoms. The van der Waals surface area contributed by atoms with Crippen molar-refractivity contribution in [3.05, 3.63) is 71.4 Å².